The highest BCUT2D eigenvalue weighted by Crippen LogP contribution is 2.60. The molecular formula is C25H29N3O7. The molecule has 6 rings (SSSR count). The third-order valence-corrected chi connectivity index (χ3v) is 8.35. The van der Waals surface area contributed by atoms with Gasteiger partial charge in [0.25, 0.3) is 0 Å². The molecule has 1 aromatic rings. The van der Waals surface area contributed by atoms with Crippen LogP contribution in [0.2, 0.25) is 0 Å². The third-order valence-electron chi connectivity index (χ3n) is 8.35. The molecule has 7 atom stereocenters. The SMILES string of the molecule is CCOC(=O)N1CCN(C(=O)[C@@H]2[C@@H]3C=C[C@]4(O3)[C@@H]3[C@@H](C)C(=O)C[C@@H](c5ccco5)N3C(=O)[C@@H]24)CC1. The molecule has 6 heterocycles. The zero-order valence-electron chi connectivity index (χ0n) is 19.8. The van der Waals surface area contributed by atoms with E-state index >= 15 is 0 Å². The minimum Gasteiger partial charge on any atom is -0.467 e. The van der Waals surface area contributed by atoms with Crippen molar-refractivity contribution < 1.29 is 33.1 Å². The first-order chi connectivity index (χ1) is 16.9. The monoisotopic (exact) mass is 483 g/mol. The van der Waals surface area contributed by atoms with Gasteiger partial charge in [-0.1, -0.05) is 19.1 Å². The lowest BCUT2D eigenvalue weighted by molar-refractivity contribution is -0.150. The molecule has 186 valence electrons. The van der Waals surface area contributed by atoms with Crippen LogP contribution in [0.3, 0.4) is 0 Å². The van der Waals surface area contributed by atoms with E-state index in [0.717, 1.165) is 0 Å². The van der Waals surface area contributed by atoms with Crippen LogP contribution in [0.5, 0.6) is 0 Å². The number of piperidine rings is 1. The maximum absolute atomic E-state index is 14.0. The number of ketones is 1. The second kappa shape index (κ2) is 7.94. The fraction of sp³-hybridized carbons (Fsp3) is 0.600. The van der Waals surface area contributed by atoms with E-state index in [9.17, 15) is 19.2 Å². The van der Waals surface area contributed by atoms with E-state index in [2.05, 4.69) is 0 Å². The second-order valence-corrected chi connectivity index (χ2v) is 9.99. The Morgan fingerprint density at radius 3 is 2.60 bits per heavy atom. The summed E-state index contributed by atoms with van der Waals surface area (Å²) in [6.45, 7) is 5.40. The van der Waals surface area contributed by atoms with Gasteiger partial charge in [-0.25, -0.2) is 4.79 Å². The summed E-state index contributed by atoms with van der Waals surface area (Å²) in [5.74, 6) is -1.45. The van der Waals surface area contributed by atoms with Crippen molar-refractivity contribution in [3.8, 4) is 0 Å². The van der Waals surface area contributed by atoms with Gasteiger partial charge in [0.05, 0.1) is 42.9 Å². The summed E-state index contributed by atoms with van der Waals surface area (Å²) in [7, 11) is 0. The van der Waals surface area contributed by atoms with E-state index in [4.69, 9.17) is 13.9 Å². The minimum absolute atomic E-state index is 0.0563. The van der Waals surface area contributed by atoms with Crippen LogP contribution in [-0.4, -0.2) is 88.9 Å². The number of carbonyl (C=O) groups is 4. The van der Waals surface area contributed by atoms with E-state index in [-0.39, 0.29) is 30.1 Å². The molecule has 0 saturated carbocycles. The van der Waals surface area contributed by atoms with E-state index in [0.29, 0.717) is 38.5 Å². The molecular weight excluding hydrogens is 454 g/mol. The lowest BCUT2D eigenvalue weighted by Gasteiger charge is -2.43. The molecule has 5 aliphatic heterocycles. The van der Waals surface area contributed by atoms with E-state index in [1.54, 1.807) is 33.8 Å². The maximum Gasteiger partial charge on any atom is 0.409 e. The van der Waals surface area contributed by atoms with Gasteiger partial charge in [-0.05, 0) is 19.1 Å². The van der Waals surface area contributed by atoms with E-state index in [1.165, 1.54) is 6.26 Å². The van der Waals surface area contributed by atoms with Crippen LogP contribution in [0.1, 0.15) is 32.1 Å². The van der Waals surface area contributed by atoms with Crippen molar-refractivity contribution >= 4 is 23.7 Å². The van der Waals surface area contributed by atoms with Gasteiger partial charge in [0, 0.05) is 38.5 Å². The van der Waals surface area contributed by atoms with Crippen molar-refractivity contribution in [2.24, 2.45) is 17.8 Å². The first kappa shape index (κ1) is 22.3. The Morgan fingerprint density at radius 2 is 1.91 bits per heavy atom. The average Bonchev–Trinajstić information content (AvgIpc) is 3.64. The molecule has 5 aliphatic rings. The second-order valence-electron chi connectivity index (χ2n) is 9.99. The van der Waals surface area contributed by atoms with Gasteiger partial charge in [-0.15, -0.1) is 0 Å². The van der Waals surface area contributed by atoms with Crippen LogP contribution in [0.25, 0.3) is 0 Å². The molecule has 4 fully saturated rings. The van der Waals surface area contributed by atoms with E-state index in [1.807, 2.05) is 19.1 Å². The molecule has 35 heavy (non-hydrogen) atoms. The molecule has 0 aliphatic carbocycles. The minimum atomic E-state index is -1.00. The molecule has 0 aromatic carbocycles. The van der Waals surface area contributed by atoms with Crippen molar-refractivity contribution in [3.05, 3.63) is 36.3 Å². The number of hydrogen-bond acceptors (Lipinski definition) is 7. The molecule has 0 N–H and O–H groups in total. The predicted molar refractivity (Wildman–Crippen MR) is 120 cm³/mol. The van der Waals surface area contributed by atoms with Gasteiger partial charge in [0.15, 0.2) is 0 Å². The fourth-order valence-electron chi connectivity index (χ4n) is 6.78. The van der Waals surface area contributed by atoms with Gasteiger partial charge < -0.3 is 28.6 Å². The van der Waals surface area contributed by atoms with Gasteiger partial charge >= 0.3 is 6.09 Å². The summed E-state index contributed by atoms with van der Waals surface area (Å²) in [5.41, 5.74) is -1.00. The number of amides is 3. The Balaban J connectivity index is 1.28. The third kappa shape index (κ3) is 3.05. The van der Waals surface area contributed by atoms with Crippen LogP contribution in [0.4, 0.5) is 4.79 Å². The van der Waals surface area contributed by atoms with Crippen LogP contribution < -0.4 is 0 Å². The maximum atomic E-state index is 14.0. The molecule has 4 saturated heterocycles. The number of carbonyl (C=O) groups excluding carboxylic acids is 4. The zero-order chi connectivity index (χ0) is 24.5. The summed E-state index contributed by atoms with van der Waals surface area (Å²) in [5, 5.41) is 0. The van der Waals surface area contributed by atoms with Crippen LogP contribution >= 0.6 is 0 Å². The van der Waals surface area contributed by atoms with Crippen LogP contribution in [0.15, 0.2) is 35.0 Å². The normalized spacial score (nSPS) is 37.6. The van der Waals surface area contributed by atoms with Crippen molar-refractivity contribution in [2.45, 2.75) is 44.1 Å². The van der Waals surface area contributed by atoms with E-state index < -0.39 is 41.5 Å². The number of hydrogen-bond donors (Lipinski definition) is 0. The van der Waals surface area contributed by atoms with Crippen LogP contribution in [-0.2, 0) is 23.9 Å². The smallest absolute Gasteiger partial charge is 0.409 e. The van der Waals surface area contributed by atoms with Gasteiger partial charge in [-0.2, -0.15) is 0 Å². The first-order valence-electron chi connectivity index (χ1n) is 12.3. The fourth-order valence-corrected chi connectivity index (χ4v) is 6.78. The lowest BCUT2D eigenvalue weighted by Crippen LogP contribution is -2.55. The zero-order valence-corrected chi connectivity index (χ0v) is 19.8. The lowest BCUT2D eigenvalue weighted by atomic mass is 9.70. The Bertz CT molecular complexity index is 1090. The first-order valence-corrected chi connectivity index (χ1v) is 12.3. The molecule has 0 unspecified atom stereocenters. The molecule has 10 heteroatoms. The van der Waals surface area contributed by atoms with Gasteiger partial charge in [0.1, 0.15) is 17.1 Å². The Morgan fingerprint density at radius 1 is 1.17 bits per heavy atom. The molecule has 0 radical (unpaired) electrons. The summed E-state index contributed by atoms with van der Waals surface area (Å²) < 4.78 is 17.1. The van der Waals surface area contributed by atoms with Crippen molar-refractivity contribution in [2.75, 3.05) is 32.8 Å². The highest BCUT2D eigenvalue weighted by molar-refractivity contribution is 5.96. The predicted octanol–water partition coefficient (Wildman–Crippen LogP) is 1.38. The number of ether oxygens (including phenoxy) is 2. The number of piperazine rings is 1. The van der Waals surface area contributed by atoms with Gasteiger partial charge in [-0.3, -0.25) is 14.4 Å². The number of rotatable bonds is 3. The van der Waals surface area contributed by atoms with Crippen molar-refractivity contribution in [3.63, 3.8) is 0 Å². The number of furan rings is 1. The highest BCUT2D eigenvalue weighted by atomic mass is 16.6. The summed E-state index contributed by atoms with van der Waals surface area (Å²) in [4.78, 5) is 57.9. The molecule has 2 bridgehead atoms. The molecule has 10 nitrogen and oxygen atoms in total. The summed E-state index contributed by atoms with van der Waals surface area (Å²) in [6, 6.07) is 2.53. The Labute approximate surface area is 202 Å². The van der Waals surface area contributed by atoms with Crippen LogP contribution in [0, 0.1) is 17.8 Å². The Kier molecular flexibility index (Phi) is 5.07. The van der Waals surface area contributed by atoms with Crippen molar-refractivity contribution in [1.29, 1.82) is 0 Å². The largest absolute Gasteiger partial charge is 0.467 e. The summed E-state index contributed by atoms with van der Waals surface area (Å²) in [6.07, 6.45) is 4.61. The Hall–Kier alpha value is -3.14. The quantitative estimate of drug-likeness (QED) is 0.598. The number of fused-ring (bicyclic) bond motifs is 2. The topological polar surface area (TPSA) is 110 Å². The highest BCUT2D eigenvalue weighted by Gasteiger charge is 2.74. The molecule has 3 amide bonds. The summed E-state index contributed by atoms with van der Waals surface area (Å²) >= 11 is 0. The molecule has 1 aromatic heterocycles. The molecule has 1 spiro atoms. The number of nitrogens with zero attached hydrogens (tertiary/aromatic N) is 3. The average molecular weight is 484 g/mol. The van der Waals surface area contributed by atoms with Crippen molar-refractivity contribution in [1.82, 2.24) is 14.7 Å². The number of Topliss-reactive ketones (excluding diaryl/α,β-unsaturated/α-hetero) is 1. The standard InChI is InChI=1S/C25H29N3O7/c1-3-33-24(32)27-10-8-26(9-11-27)22(30)19-18-6-7-25(35-18)20(19)23(31)28-15(17-5-4-12-34-17)13-16(29)14(2)21(25)28/h4-7,12,14-15,18-21H,3,8-11,13H2,1-2H3/t14-,15-,18-,19+,20+,21-,25+/m0/s1. The van der Waals surface area contributed by atoms with Gasteiger partial charge in [0.2, 0.25) is 11.8 Å².